The van der Waals surface area contributed by atoms with E-state index in [9.17, 15) is 9.59 Å². The van der Waals surface area contributed by atoms with Gasteiger partial charge in [-0.15, -0.1) is 0 Å². The van der Waals surface area contributed by atoms with Crippen molar-refractivity contribution in [1.29, 1.82) is 0 Å². The second-order valence-electron chi connectivity index (χ2n) is 3.11. The summed E-state index contributed by atoms with van der Waals surface area (Å²) >= 11 is 0. The van der Waals surface area contributed by atoms with Crippen molar-refractivity contribution in [3.63, 3.8) is 0 Å². The zero-order valence-corrected chi connectivity index (χ0v) is 8.02. The van der Waals surface area contributed by atoms with Crippen molar-refractivity contribution in [2.24, 2.45) is 0 Å². The fraction of sp³-hybridized carbons (Fsp3) is 0.750. The molecule has 1 aliphatic heterocycles. The molecule has 0 aromatic carbocycles. The summed E-state index contributed by atoms with van der Waals surface area (Å²) < 4.78 is 4.67. The predicted octanol–water partition coefficient (Wildman–Crippen LogP) is -0.151. The lowest BCUT2D eigenvalue weighted by Crippen LogP contribution is -2.45. The summed E-state index contributed by atoms with van der Waals surface area (Å²) in [5.41, 5.74) is 0. The first-order valence-corrected chi connectivity index (χ1v) is 4.43. The lowest BCUT2D eigenvalue weighted by Gasteiger charge is -2.20. The summed E-state index contributed by atoms with van der Waals surface area (Å²) in [6, 6.07) is -0.553. The van der Waals surface area contributed by atoms with Crippen LogP contribution in [-0.2, 0) is 9.53 Å². The normalized spacial score (nSPS) is 20.9. The lowest BCUT2D eigenvalue weighted by molar-refractivity contribution is -0.126. The third-order valence-electron chi connectivity index (χ3n) is 2.19. The molecule has 1 aliphatic rings. The van der Waals surface area contributed by atoms with Crippen LogP contribution in [-0.4, -0.2) is 48.4 Å². The van der Waals surface area contributed by atoms with Crippen LogP contribution in [0.2, 0.25) is 0 Å². The molecule has 1 fully saturated rings. The van der Waals surface area contributed by atoms with E-state index in [4.69, 9.17) is 5.11 Å². The third-order valence-corrected chi connectivity index (χ3v) is 2.19. The maximum Gasteiger partial charge on any atom is 0.407 e. The fourth-order valence-corrected chi connectivity index (χ4v) is 1.53. The van der Waals surface area contributed by atoms with Crippen LogP contribution in [0, 0.1) is 0 Å². The standard InChI is InChI=1S/C8H14N2O4/c1-14-5-9-7(11)6-3-2-4-10(6)8(12)13/h6H,2-5H2,1H3,(H,9,11)(H,12,13)/t6-/m1/s1. The number of nitrogens with one attached hydrogen (secondary N) is 1. The Morgan fingerprint density at radius 2 is 2.36 bits per heavy atom. The zero-order valence-electron chi connectivity index (χ0n) is 8.02. The van der Waals surface area contributed by atoms with Gasteiger partial charge in [0.1, 0.15) is 12.8 Å². The molecule has 6 heteroatoms. The molecule has 0 bridgehead atoms. The molecule has 0 saturated carbocycles. The molecule has 14 heavy (non-hydrogen) atoms. The van der Waals surface area contributed by atoms with Crippen LogP contribution in [0.15, 0.2) is 0 Å². The number of nitrogens with zero attached hydrogens (tertiary/aromatic N) is 1. The summed E-state index contributed by atoms with van der Waals surface area (Å²) in [5, 5.41) is 11.3. The minimum Gasteiger partial charge on any atom is -0.465 e. The number of methoxy groups -OCH3 is 1. The Morgan fingerprint density at radius 1 is 1.64 bits per heavy atom. The van der Waals surface area contributed by atoms with Crippen molar-refractivity contribution in [3.05, 3.63) is 0 Å². The van der Waals surface area contributed by atoms with Gasteiger partial charge in [0.2, 0.25) is 5.91 Å². The van der Waals surface area contributed by atoms with Crippen LogP contribution in [0.25, 0.3) is 0 Å². The van der Waals surface area contributed by atoms with Crippen molar-refractivity contribution in [3.8, 4) is 0 Å². The van der Waals surface area contributed by atoms with Crippen LogP contribution in [0.5, 0.6) is 0 Å². The monoisotopic (exact) mass is 202 g/mol. The smallest absolute Gasteiger partial charge is 0.407 e. The molecule has 1 heterocycles. The first kappa shape index (κ1) is 10.8. The van der Waals surface area contributed by atoms with E-state index in [1.165, 1.54) is 7.11 Å². The van der Waals surface area contributed by atoms with Crippen molar-refractivity contribution in [1.82, 2.24) is 10.2 Å². The SMILES string of the molecule is COCNC(=O)[C@H]1CCCN1C(=O)O. The highest BCUT2D eigenvalue weighted by Gasteiger charge is 2.33. The molecule has 0 aromatic rings. The van der Waals surface area contributed by atoms with Crippen molar-refractivity contribution in [2.75, 3.05) is 20.4 Å². The molecular formula is C8H14N2O4. The molecule has 1 rings (SSSR count). The van der Waals surface area contributed by atoms with Gasteiger partial charge in [0.05, 0.1) is 0 Å². The first-order valence-electron chi connectivity index (χ1n) is 4.43. The van der Waals surface area contributed by atoms with E-state index >= 15 is 0 Å². The van der Waals surface area contributed by atoms with E-state index in [0.717, 1.165) is 11.3 Å². The molecule has 6 nitrogen and oxygen atoms in total. The van der Waals surface area contributed by atoms with E-state index in [1.54, 1.807) is 0 Å². The molecule has 0 unspecified atom stereocenters. The molecule has 0 aromatic heterocycles. The van der Waals surface area contributed by atoms with Crippen LogP contribution in [0.3, 0.4) is 0 Å². The number of carbonyl (C=O) groups excluding carboxylic acids is 1. The quantitative estimate of drug-likeness (QED) is 0.624. The molecule has 2 amide bonds. The van der Waals surface area contributed by atoms with E-state index in [-0.39, 0.29) is 12.6 Å². The van der Waals surface area contributed by atoms with Gasteiger partial charge in [-0.2, -0.15) is 0 Å². The lowest BCUT2D eigenvalue weighted by atomic mass is 10.2. The first-order chi connectivity index (χ1) is 6.66. The van der Waals surface area contributed by atoms with Gasteiger partial charge in [-0.1, -0.05) is 0 Å². The predicted molar refractivity (Wildman–Crippen MR) is 47.8 cm³/mol. The van der Waals surface area contributed by atoms with Gasteiger partial charge >= 0.3 is 6.09 Å². The molecular weight excluding hydrogens is 188 g/mol. The van der Waals surface area contributed by atoms with Crippen LogP contribution < -0.4 is 5.32 Å². The van der Waals surface area contributed by atoms with Gasteiger partial charge in [0, 0.05) is 13.7 Å². The average Bonchev–Trinajstić information content (AvgIpc) is 2.62. The second-order valence-corrected chi connectivity index (χ2v) is 3.11. The van der Waals surface area contributed by atoms with Gasteiger partial charge in [-0.05, 0) is 12.8 Å². The molecule has 1 atom stereocenters. The van der Waals surface area contributed by atoms with E-state index in [1.807, 2.05) is 0 Å². The van der Waals surface area contributed by atoms with Crippen LogP contribution >= 0.6 is 0 Å². The number of carboxylic acid groups (broad SMARTS) is 1. The Labute approximate surface area is 81.8 Å². The minimum absolute atomic E-state index is 0.114. The summed E-state index contributed by atoms with van der Waals surface area (Å²) in [5.74, 6) is -0.285. The Balaban J connectivity index is 2.49. The Morgan fingerprint density at radius 3 is 2.93 bits per heavy atom. The number of ether oxygens (including phenoxy) is 1. The molecule has 80 valence electrons. The Hall–Kier alpha value is -1.30. The number of rotatable bonds is 3. The molecule has 1 saturated heterocycles. The Kier molecular flexibility index (Phi) is 3.70. The van der Waals surface area contributed by atoms with Gasteiger partial charge < -0.3 is 15.2 Å². The number of likely N-dealkylation sites (tertiary alicyclic amines) is 1. The fourth-order valence-electron chi connectivity index (χ4n) is 1.53. The largest absolute Gasteiger partial charge is 0.465 e. The summed E-state index contributed by atoms with van der Waals surface area (Å²) in [7, 11) is 1.46. The number of carbonyl (C=O) groups is 2. The summed E-state index contributed by atoms with van der Waals surface area (Å²) in [4.78, 5) is 23.3. The number of hydrogen-bond donors (Lipinski definition) is 2. The average molecular weight is 202 g/mol. The van der Waals surface area contributed by atoms with E-state index in [0.29, 0.717) is 13.0 Å². The number of amides is 2. The van der Waals surface area contributed by atoms with Crippen molar-refractivity contribution >= 4 is 12.0 Å². The second kappa shape index (κ2) is 4.80. The minimum atomic E-state index is -1.04. The highest BCUT2D eigenvalue weighted by atomic mass is 16.5. The van der Waals surface area contributed by atoms with E-state index < -0.39 is 12.1 Å². The van der Waals surface area contributed by atoms with Crippen molar-refractivity contribution in [2.45, 2.75) is 18.9 Å². The highest BCUT2D eigenvalue weighted by molar-refractivity contribution is 5.85. The summed E-state index contributed by atoms with van der Waals surface area (Å²) in [6.45, 7) is 0.545. The Bertz CT molecular complexity index is 231. The molecule has 0 radical (unpaired) electrons. The zero-order chi connectivity index (χ0) is 10.6. The molecule has 2 N–H and O–H groups in total. The van der Waals surface area contributed by atoms with Crippen LogP contribution in [0.4, 0.5) is 4.79 Å². The van der Waals surface area contributed by atoms with Gasteiger partial charge in [0.25, 0.3) is 0 Å². The topological polar surface area (TPSA) is 78.9 Å². The molecule has 0 aliphatic carbocycles. The maximum atomic E-state index is 11.4. The highest BCUT2D eigenvalue weighted by Crippen LogP contribution is 2.16. The maximum absolute atomic E-state index is 11.4. The van der Waals surface area contributed by atoms with Crippen molar-refractivity contribution < 1.29 is 19.4 Å². The number of hydrogen-bond acceptors (Lipinski definition) is 3. The van der Waals surface area contributed by atoms with Gasteiger partial charge in [-0.3, -0.25) is 9.69 Å². The third kappa shape index (κ3) is 2.35. The van der Waals surface area contributed by atoms with E-state index in [2.05, 4.69) is 10.1 Å². The van der Waals surface area contributed by atoms with Gasteiger partial charge in [0.15, 0.2) is 0 Å². The summed E-state index contributed by atoms with van der Waals surface area (Å²) in [6.07, 6.45) is 0.277. The van der Waals surface area contributed by atoms with Crippen LogP contribution in [0.1, 0.15) is 12.8 Å². The van der Waals surface area contributed by atoms with Gasteiger partial charge in [-0.25, -0.2) is 4.79 Å². The molecule has 0 spiro atoms.